The molecule has 1 aromatic carbocycles. The third kappa shape index (κ3) is 2.40. The number of hydrogen-bond acceptors (Lipinski definition) is 4. The summed E-state index contributed by atoms with van der Waals surface area (Å²) < 4.78 is 1.92. The summed E-state index contributed by atoms with van der Waals surface area (Å²) in [6.45, 7) is 5.25. The second-order valence-electron chi connectivity index (χ2n) is 6.01. The molecule has 5 heteroatoms. The van der Waals surface area contributed by atoms with Crippen molar-refractivity contribution in [1.29, 1.82) is 0 Å². The first-order chi connectivity index (χ1) is 9.65. The highest BCUT2D eigenvalue weighted by molar-refractivity contribution is 5.74. The number of tetrazole rings is 1. The Morgan fingerprint density at radius 3 is 2.90 bits per heavy atom. The van der Waals surface area contributed by atoms with Gasteiger partial charge < -0.3 is 5.73 Å². The van der Waals surface area contributed by atoms with Crippen LogP contribution in [0.1, 0.15) is 31.7 Å². The van der Waals surface area contributed by atoms with Crippen LogP contribution in [0.15, 0.2) is 18.2 Å². The van der Waals surface area contributed by atoms with Crippen molar-refractivity contribution >= 4 is 5.69 Å². The number of anilines is 1. The molecule has 1 aliphatic carbocycles. The minimum Gasteiger partial charge on any atom is -0.398 e. The van der Waals surface area contributed by atoms with Gasteiger partial charge in [0.15, 0.2) is 5.82 Å². The molecule has 1 fully saturated rings. The summed E-state index contributed by atoms with van der Waals surface area (Å²) >= 11 is 0. The Morgan fingerprint density at radius 2 is 2.20 bits per heavy atom. The fourth-order valence-electron chi connectivity index (χ4n) is 3.24. The maximum atomic E-state index is 6.10. The summed E-state index contributed by atoms with van der Waals surface area (Å²) in [6.07, 6.45) is 3.85. The van der Waals surface area contributed by atoms with E-state index in [0.717, 1.165) is 35.1 Å². The molecule has 1 aliphatic rings. The zero-order valence-corrected chi connectivity index (χ0v) is 12.1. The van der Waals surface area contributed by atoms with Gasteiger partial charge in [0.05, 0.1) is 0 Å². The average molecular weight is 271 g/mol. The standard InChI is InChI=1S/C15H21N5/c1-10-6-7-12(8-10)9-20-15(17-18-19-20)14-11(2)4-3-5-13(14)16/h3-5,10,12H,6-9,16H2,1-2H3. The lowest BCUT2D eigenvalue weighted by molar-refractivity contribution is 0.412. The normalized spacial score (nSPS) is 22.3. The van der Waals surface area contributed by atoms with Crippen LogP contribution in [-0.2, 0) is 6.54 Å². The quantitative estimate of drug-likeness (QED) is 0.871. The van der Waals surface area contributed by atoms with E-state index in [1.807, 2.05) is 29.8 Å². The Bertz CT molecular complexity index is 584. The van der Waals surface area contributed by atoms with Gasteiger partial charge in [-0.05, 0) is 53.7 Å². The first-order valence-corrected chi connectivity index (χ1v) is 7.26. The first-order valence-electron chi connectivity index (χ1n) is 7.26. The van der Waals surface area contributed by atoms with Crippen LogP contribution in [0.3, 0.4) is 0 Å². The van der Waals surface area contributed by atoms with Crippen molar-refractivity contribution in [1.82, 2.24) is 20.2 Å². The van der Waals surface area contributed by atoms with Gasteiger partial charge in [-0.15, -0.1) is 5.10 Å². The predicted molar refractivity (Wildman–Crippen MR) is 78.9 cm³/mol. The fraction of sp³-hybridized carbons (Fsp3) is 0.533. The molecule has 3 rings (SSSR count). The molecule has 0 radical (unpaired) electrons. The van der Waals surface area contributed by atoms with Gasteiger partial charge in [-0.2, -0.15) is 0 Å². The highest BCUT2D eigenvalue weighted by Crippen LogP contribution is 2.33. The second-order valence-corrected chi connectivity index (χ2v) is 6.01. The Morgan fingerprint density at radius 1 is 1.35 bits per heavy atom. The number of nitrogen functional groups attached to an aromatic ring is 1. The van der Waals surface area contributed by atoms with Crippen LogP contribution < -0.4 is 5.73 Å². The van der Waals surface area contributed by atoms with Gasteiger partial charge in [0.25, 0.3) is 0 Å². The molecule has 2 N–H and O–H groups in total. The van der Waals surface area contributed by atoms with E-state index in [2.05, 4.69) is 22.4 Å². The van der Waals surface area contributed by atoms with Gasteiger partial charge in [-0.1, -0.05) is 25.5 Å². The Balaban J connectivity index is 1.90. The number of nitrogens with zero attached hydrogens (tertiary/aromatic N) is 4. The van der Waals surface area contributed by atoms with E-state index < -0.39 is 0 Å². The van der Waals surface area contributed by atoms with Gasteiger partial charge in [-0.3, -0.25) is 0 Å². The van der Waals surface area contributed by atoms with Crippen LogP contribution in [0.25, 0.3) is 11.4 Å². The molecule has 1 aromatic heterocycles. The van der Waals surface area contributed by atoms with Crippen molar-refractivity contribution in [3.8, 4) is 11.4 Å². The molecule has 1 heterocycles. The monoisotopic (exact) mass is 271 g/mol. The molecule has 0 amide bonds. The maximum absolute atomic E-state index is 6.10. The molecule has 1 saturated carbocycles. The topological polar surface area (TPSA) is 69.6 Å². The van der Waals surface area contributed by atoms with Gasteiger partial charge in [0.2, 0.25) is 0 Å². The summed E-state index contributed by atoms with van der Waals surface area (Å²) in [5, 5.41) is 12.2. The molecule has 20 heavy (non-hydrogen) atoms. The molecule has 106 valence electrons. The van der Waals surface area contributed by atoms with Gasteiger partial charge >= 0.3 is 0 Å². The maximum Gasteiger partial charge on any atom is 0.184 e. The van der Waals surface area contributed by atoms with Crippen LogP contribution in [0.2, 0.25) is 0 Å². The first kappa shape index (κ1) is 13.1. The molecule has 0 spiro atoms. The van der Waals surface area contributed by atoms with Gasteiger partial charge in [0.1, 0.15) is 0 Å². The molecule has 0 saturated heterocycles. The van der Waals surface area contributed by atoms with E-state index in [4.69, 9.17) is 5.73 Å². The zero-order chi connectivity index (χ0) is 14.1. The molecule has 2 unspecified atom stereocenters. The molecule has 2 aromatic rings. The van der Waals surface area contributed by atoms with Crippen molar-refractivity contribution in [3.63, 3.8) is 0 Å². The zero-order valence-electron chi connectivity index (χ0n) is 12.1. The highest BCUT2D eigenvalue weighted by atomic mass is 15.5. The van der Waals surface area contributed by atoms with Gasteiger partial charge in [0, 0.05) is 17.8 Å². The lowest BCUT2D eigenvalue weighted by Crippen LogP contribution is -2.12. The number of rotatable bonds is 3. The third-order valence-corrected chi connectivity index (χ3v) is 4.30. The number of benzene rings is 1. The predicted octanol–water partition coefficient (Wildman–Crippen LogP) is 2.67. The van der Waals surface area contributed by atoms with Crippen molar-refractivity contribution in [2.45, 2.75) is 39.7 Å². The summed E-state index contributed by atoms with van der Waals surface area (Å²) in [5.41, 5.74) is 8.91. The summed E-state index contributed by atoms with van der Waals surface area (Å²) in [7, 11) is 0. The second kappa shape index (κ2) is 5.23. The molecule has 2 atom stereocenters. The van der Waals surface area contributed by atoms with E-state index in [1.165, 1.54) is 19.3 Å². The number of aryl methyl sites for hydroxylation is 1. The summed E-state index contributed by atoms with van der Waals surface area (Å²) in [4.78, 5) is 0. The summed E-state index contributed by atoms with van der Waals surface area (Å²) in [6, 6.07) is 5.91. The molecule has 0 aliphatic heterocycles. The van der Waals surface area contributed by atoms with Crippen molar-refractivity contribution in [2.75, 3.05) is 5.73 Å². The summed E-state index contributed by atoms with van der Waals surface area (Å²) in [5.74, 6) is 2.29. The highest BCUT2D eigenvalue weighted by Gasteiger charge is 2.24. The SMILES string of the molecule is Cc1cccc(N)c1-c1nnnn1CC1CCC(C)C1. The largest absolute Gasteiger partial charge is 0.398 e. The number of aromatic nitrogens is 4. The minimum atomic E-state index is 0.678. The van der Waals surface area contributed by atoms with Crippen molar-refractivity contribution < 1.29 is 0 Å². The van der Waals surface area contributed by atoms with E-state index in [0.29, 0.717) is 5.92 Å². The molecular weight excluding hydrogens is 250 g/mol. The van der Waals surface area contributed by atoms with Crippen LogP contribution in [0.4, 0.5) is 5.69 Å². The van der Waals surface area contributed by atoms with E-state index in [1.54, 1.807) is 0 Å². The van der Waals surface area contributed by atoms with E-state index in [9.17, 15) is 0 Å². The van der Waals surface area contributed by atoms with Crippen molar-refractivity contribution in [2.24, 2.45) is 11.8 Å². The molecule has 5 nitrogen and oxygen atoms in total. The van der Waals surface area contributed by atoms with Crippen LogP contribution in [0.5, 0.6) is 0 Å². The fourth-order valence-corrected chi connectivity index (χ4v) is 3.24. The average Bonchev–Trinajstić information content (AvgIpc) is 3.00. The lowest BCUT2D eigenvalue weighted by Gasteiger charge is -2.13. The molecular formula is C15H21N5. The third-order valence-electron chi connectivity index (χ3n) is 4.30. The number of hydrogen-bond donors (Lipinski definition) is 1. The minimum absolute atomic E-state index is 0.678. The van der Waals surface area contributed by atoms with E-state index in [-0.39, 0.29) is 0 Å². The smallest absolute Gasteiger partial charge is 0.184 e. The molecule has 0 bridgehead atoms. The van der Waals surface area contributed by atoms with Crippen molar-refractivity contribution in [3.05, 3.63) is 23.8 Å². The van der Waals surface area contributed by atoms with E-state index >= 15 is 0 Å². The van der Waals surface area contributed by atoms with Crippen LogP contribution in [-0.4, -0.2) is 20.2 Å². The Labute approximate surface area is 119 Å². The van der Waals surface area contributed by atoms with Crippen LogP contribution >= 0.6 is 0 Å². The Hall–Kier alpha value is -1.91. The van der Waals surface area contributed by atoms with Crippen LogP contribution in [0, 0.1) is 18.8 Å². The Kier molecular flexibility index (Phi) is 3.42. The number of nitrogens with two attached hydrogens (primary N) is 1. The lowest BCUT2D eigenvalue weighted by atomic mass is 10.0. The van der Waals surface area contributed by atoms with Gasteiger partial charge in [-0.25, -0.2) is 4.68 Å².